The molecule has 0 bridgehead atoms. The van der Waals surface area contributed by atoms with Crippen LogP contribution in [-0.2, 0) is 28.8 Å². The van der Waals surface area contributed by atoms with Crippen LogP contribution in [0.5, 0.6) is 0 Å². The fourth-order valence-corrected chi connectivity index (χ4v) is 4.53. The van der Waals surface area contributed by atoms with Crippen LogP contribution in [0.15, 0.2) is 30.3 Å². The first kappa shape index (κ1) is 19.9. The summed E-state index contributed by atoms with van der Waals surface area (Å²) in [6.07, 6.45) is 5.14. The smallest absolute Gasteiger partial charge is 0.348 e. The van der Waals surface area contributed by atoms with Gasteiger partial charge in [0.1, 0.15) is 4.88 Å². The third-order valence-electron chi connectivity index (χ3n) is 4.95. The highest BCUT2D eigenvalue weighted by Crippen LogP contribution is 2.33. The van der Waals surface area contributed by atoms with E-state index in [0.717, 1.165) is 18.4 Å². The quantitative estimate of drug-likeness (QED) is 0.693. The number of esters is 1. The molecule has 1 aliphatic carbocycles. The summed E-state index contributed by atoms with van der Waals surface area (Å²) < 4.78 is 5.18. The van der Waals surface area contributed by atoms with E-state index in [0.29, 0.717) is 28.8 Å². The summed E-state index contributed by atoms with van der Waals surface area (Å²) in [5.41, 5.74) is 2.36. The third-order valence-corrected chi connectivity index (χ3v) is 6.42. The summed E-state index contributed by atoms with van der Waals surface area (Å²) in [7, 11) is 0. The molecule has 1 atom stereocenters. The topological polar surface area (TPSA) is 55.4 Å². The Morgan fingerprint density at radius 1 is 1.30 bits per heavy atom. The van der Waals surface area contributed by atoms with Crippen molar-refractivity contribution in [2.24, 2.45) is 5.92 Å². The number of halogens is 1. The highest BCUT2D eigenvalue weighted by molar-refractivity contribution is 7.14. The van der Waals surface area contributed by atoms with Gasteiger partial charge in [-0.1, -0.05) is 37.1 Å². The van der Waals surface area contributed by atoms with Gasteiger partial charge in [-0.3, -0.25) is 4.79 Å². The molecule has 1 aromatic heterocycles. The van der Waals surface area contributed by atoms with Crippen LogP contribution in [0.2, 0.25) is 5.02 Å². The van der Waals surface area contributed by atoms with E-state index in [4.69, 9.17) is 16.3 Å². The molecular weight excluding hydrogens is 382 g/mol. The van der Waals surface area contributed by atoms with E-state index in [2.05, 4.69) is 12.2 Å². The first-order valence-corrected chi connectivity index (χ1v) is 10.5. The Balaban J connectivity index is 1.41. The van der Waals surface area contributed by atoms with Crippen molar-refractivity contribution in [1.29, 1.82) is 0 Å². The third kappa shape index (κ3) is 5.56. The Morgan fingerprint density at radius 2 is 2.07 bits per heavy atom. The molecule has 0 saturated carbocycles. The van der Waals surface area contributed by atoms with Crippen molar-refractivity contribution in [2.45, 2.75) is 39.0 Å². The largest absolute Gasteiger partial charge is 0.451 e. The average Bonchev–Trinajstić information content (AvgIpc) is 3.11. The number of hydrogen-bond donors (Lipinski definition) is 1. The van der Waals surface area contributed by atoms with E-state index < -0.39 is 5.97 Å². The molecule has 2 aromatic rings. The predicted octanol–water partition coefficient (Wildman–Crippen LogP) is 4.43. The summed E-state index contributed by atoms with van der Waals surface area (Å²) in [6, 6.07) is 9.45. The van der Waals surface area contributed by atoms with E-state index in [1.165, 1.54) is 34.6 Å². The van der Waals surface area contributed by atoms with Crippen molar-refractivity contribution in [1.82, 2.24) is 5.32 Å². The molecule has 1 aliphatic rings. The Labute approximate surface area is 168 Å². The molecule has 6 heteroatoms. The Kier molecular flexibility index (Phi) is 6.91. The first-order chi connectivity index (χ1) is 13.0. The van der Waals surface area contributed by atoms with Crippen molar-refractivity contribution in [3.63, 3.8) is 0 Å². The average molecular weight is 406 g/mol. The van der Waals surface area contributed by atoms with Gasteiger partial charge in [0.2, 0.25) is 0 Å². The lowest BCUT2D eigenvalue weighted by molar-refractivity contribution is -0.124. The number of hydrogen-bond acceptors (Lipinski definition) is 4. The number of thiophene rings is 1. The SMILES string of the molecule is CC[C@H]1CCc2sc(C(=O)OCC(=O)NCCc3ccc(Cl)cc3)cc2C1. The minimum Gasteiger partial charge on any atom is -0.451 e. The van der Waals surface area contributed by atoms with Gasteiger partial charge >= 0.3 is 5.97 Å². The maximum Gasteiger partial charge on any atom is 0.348 e. The Morgan fingerprint density at radius 3 is 2.81 bits per heavy atom. The van der Waals surface area contributed by atoms with E-state index in [-0.39, 0.29) is 12.5 Å². The van der Waals surface area contributed by atoms with Crippen molar-refractivity contribution in [3.8, 4) is 0 Å². The fourth-order valence-electron chi connectivity index (χ4n) is 3.30. The molecule has 1 N–H and O–H groups in total. The lowest BCUT2D eigenvalue weighted by Gasteiger charge is -2.19. The molecule has 3 rings (SSSR count). The van der Waals surface area contributed by atoms with E-state index >= 15 is 0 Å². The summed E-state index contributed by atoms with van der Waals surface area (Å²) in [5, 5.41) is 3.46. The van der Waals surface area contributed by atoms with Gasteiger partial charge in [0.15, 0.2) is 6.61 Å². The highest BCUT2D eigenvalue weighted by Gasteiger charge is 2.22. The van der Waals surface area contributed by atoms with Gasteiger partial charge in [-0.05, 0) is 60.9 Å². The maximum atomic E-state index is 12.2. The van der Waals surface area contributed by atoms with Crippen LogP contribution >= 0.6 is 22.9 Å². The first-order valence-electron chi connectivity index (χ1n) is 9.35. The van der Waals surface area contributed by atoms with Crippen molar-refractivity contribution < 1.29 is 14.3 Å². The summed E-state index contributed by atoms with van der Waals surface area (Å²) in [6.45, 7) is 2.45. The van der Waals surface area contributed by atoms with Crippen molar-refractivity contribution in [2.75, 3.05) is 13.2 Å². The number of amides is 1. The van der Waals surface area contributed by atoms with Gasteiger partial charge in [0.05, 0.1) is 0 Å². The van der Waals surface area contributed by atoms with Gasteiger partial charge in [-0.15, -0.1) is 11.3 Å². The summed E-state index contributed by atoms with van der Waals surface area (Å²) >= 11 is 7.35. The van der Waals surface area contributed by atoms with Crippen LogP contribution in [0.1, 0.15) is 45.4 Å². The molecule has 1 amide bonds. The zero-order chi connectivity index (χ0) is 19.2. The zero-order valence-corrected chi connectivity index (χ0v) is 17.0. The molecule has 1 aromatic carbocycles. The number of ether oxygens (including phenoxy) is 1. The lowest BCUT2D eigenvalue weighted by Crippen LogP contribution is -2.30. The molecule has 144 valence electrons. The van der Waals surface area contributed by atoms with Gasteiger partial charge in [0, 0.05) is 16.4 Å². The number of nitrogens with one attached hydrogen (secondary N) is 1. The van der Waals surface area contributed by atoms with Crippen LogP contribution < -0.4 is 5.32 Å². The summed E-state index contributed by atoms with van der Waals surface area (Å²) in [4.78, 5) is 26.0. The van der Waals surface area contributed by atoms with Gasteiger partial charge < -0.3 is 10.1 Å². The maximum absolute atomic E-state index is 12.2. The summed E-state index contributed by atoms with van der Waals surface area (Å²) in [5.74, 6) is 0.0161. The fraction of sp³-hybridized carbons (Fsp3) is 0.429. The van der Waals surface area contributed by atoms with Gasteiger partial charge in [-0.25, -0.2) is 4.79 Å². The zero-order valence-electron chi connectivity index (χ0n) is 15.4. The van der Waals surface area contributed by atoms with Crippen LogP contribution in [0.25, 0.3) is 0 Å². The molecule has 0 unspecified atom stereocenters. The number of aryl methyl sites for hydroxylation is 1. The van der Waals surface area contributed by atoms with E-state index in [9.17, 15) is 9.59 Å². The molecular formula is C21H24ClNO3S. The minimum atomic E-state index is -0.407. The van der Waals surface area contributed by atoms with Crippen LogP contribution in [0.4, 0.5) is 0 Å². The Bertz CT molecular complexity index is 800. The van der Waals surface area contributed by atoms with Gasteiger partial charge in [-0.2, -0.15) is 0 Å². The molecule has 0 saturated heterocycles. The predicted molar refractivity (Wildman–Crippen MR) is 109 cm³/mol. The minimum absolute atomic E-state index is 0.250. The van der Waals surface area contributed by atoms with Crippen molar-refractivity contribution >= 4 is 34.8 Å². The van der Waals surface area contributed by atoms with Crippen LogP contribution in [0, 0.1) is 5.92 Å². The standard InChI is InChI=1S/C21H24ClNO3S/c1-2-14-5-8-18-16(11-14)12-19(27-18)21(25)26-13-20(24)23-10-9-15-3-6-17(22)7-4-15/h3-4,6-7,12,14H,2,5,8-11,13H2,1H3,(H,23,24)/t14-/m0/s1. The second-order valence-corrected chi connectivity index (χ2v) is 8.45. The lowest BCUT2D eigenvalue weighted by atomic mass is 9.87. The van der Waals surface area contributed by atoms with Crippen molar-refractivity contribution in [3.05, 3.63) is 56.2 Å². The number of benzene rings is 1. The number of fused-ring (bicyclic) bond motifs is 1. The molecule has 0 spiro atoms. The molecule has 0 radical (unpaired) electrons. The number of carbonyl (C=O) groups is 2. The molecule has 0 aliphatic heterocycles. The second kappa shape index (κ2) is 9.38. The molecule has 0 fully saturated rings. The number of carbonyl (C=O) groups excluding carboxylic acids is 2. The highest BCUT2D eigenvalue weighted by atomic mass is 35.5. The molecule has 1 heterocycles. The molecule has 27 heavy (non-hydrogen) atoms. The normalized spacial score (nSPS) is 15.9. The molecule has 4 nitrogen and oxygen atoms in total. The monoisotopic (exact) mass is 405 g/mol. The second-order valence-electron chi connectivity index (χ2n) is 6.88. The van der Waals surface area contributed by atoms with E-state index in [1.54, 1.807) is 0 Å². The van der Waals surface area contributed by atoms with Crippen LogP contribution in [0.3, 0.4) is 0 Å². The number of rotatable bonds is 7. The Hall–Kier alpha value is -1.85. The van der Waals surface area contributed by atoms with E-state index in [1.807, 2.05) is 30.3 Å². The van der Waals surface area contributed by atoms with Crippen LogP contribution in [-0.4, -0.2) is 25.0 Å². The van der Waals surface area contributed by atoms with Gasteiger partial charge in [0.25, 0.3) is 5.91 Å².